The predicted molar refractivity (Wildman–Crippen MR) is 194 cm³/mol. The highest BCUT2D eigenvalue weighted by molar-refractivity contribution is 7.89. The molecule has 8 nitrogen and oxygen atoms in total. The zero-order valence-electron chi connectivity index (χ0n) is 28.9. The van der Waals surface area contributed by atoms with Crippen LogP contribution in [0.2, 0.25) is 5.02 Å². The summed E-state index contributed by atoms with van der Waals surface area (Å²) >= 11 is 7.44. The number of thiophene rings is 1. The van der Waals surface area contributed by atoms with Gasteiger partial charge in [0.15, 0.2) is 9.84 Å². The normalized spacial score (nSPS) is 16.7. The molecule has 0 atom stereocenters. The maximum Gasteiger partial charge on any atom is 0.410 e. The van der Waals surface area contributed by atoms with E-state index in [2.05, 4.69) is 0 Å². The van der Waals surface area contributed by atoms with E-state index in [1.807, 2.05) is 51.1 Å². The number of carbonyl (C=O) groups excluding carboxylic acids is 2. The monoisotopic (exact) mass is 746 g/mol. The van der Waals surface area contributed by atoms with Crippen LogP contribution in [-0.2, 0) is 26.9 Å². The Balaban J connectivity index is 1.48. The summed E-state index contributed by atoms with van der Waals surface area (Å²) in [7, 11) is 0.0606. The molecule has 2 amide bonds. The minimum absolute atomic E-state index is 0.0279. The second kappa shape index (κ2) is 14.9. The standard InChI is InChI=1S/C37H41ClF2N2O6S2/c1-37(2,3)48-36(44)41(4)26-12-14-27(15-13-26)42(35(43)34-32(38)31-28(39)16-17-29(40)33(31)49-34)20-25-19-24(11-18-30(25)47-5)23-9-7-22(8-10-23)21-50(6,45)46/h7-11,16-19,26-27H,12-15,20-21H2,1-6H3/t26-,27-. The molecule has 0 bridgehead atoms. The molecule has 13 heteroatoms. The van der Waals surface area contributed by atoms with Gasteiger partial charge in [-0.25, -0.2) is 22.0 Å². The molecular formula is C37H41ClF2N2O6S2. The highest BCUT2D eigenvalue weighted by atomic mass is 35.5. The molecule has 3 aromatic carbocycles. The Morgan fingerprint density at radius 1 is 0.940 bits per heavy atom. The molecule has 0 saturated heterocycles. The van der Waals surface area contributed by atoms with E-state index in [1.54, 1.807) is 29.0 Å². The molecule has 1 saturated carbocycles. The summed E-state index contributed by atoms with van der Waals surface area (Å²) in [4.78, 5) is 30.6. The lowest BCUT2D eigenvalue weighted by Crippen LogP contribution is -2.47. The van der Waals surface area contributed by atoms with Crippen LogP contribution < -0.4 is 4.74 Å². The molecule has 0 aliphatic heterocycles. The molecule has 1 heterocycles. The number of hydrogen-bond acceptors (Lipinski definition) is 7. The largest absolute Gasteiger partial charge is 0.496 e. The van der Waals surface area contributed by atoms with E-state index in [4.69, 9.17) is 21.1 Å². The number of benzene rings is 3. The van der Waals surface area contributed by atoms with Crippen LogP contribution in [0, 0.1) is 11.6 Å². The highest BCUT2D eigenvalue weighted by Crippen LogP contribution is 2.41. The van der Waals surface area contributed by atoms with Crippen molar-refractivity contribution >= 4 is 54.9 Å². The lowest BCUT2D eigenvalue weighted by atomic mass is 9.89. The minimum atomic E-state index is -3.19. The Morgan fingerprint density at radius 3 is 2.12 bits per heavy atom. The van der Waals surface area contributed by atoms with Gasteiger partial charge < -0.3 is 19.3 Å². The van der Waals surface area contributed by atoms with Gasteiger partial charge in [-0.05, 0) is 87.4 Å². The van der Waals surface area contributed by atoms with Crippen molar-refractivity contribution in [1.82, 2.24) is 9.80 Å². The molecular weight excluding hydrogens is 706 g/mol. The zero-order valence-corrected chi connectivity index (χ0v) is 31.3. The Hall–Kier alpha value is -3.74. The highest BCUT2D eigenvalue weighted by Gasteiger charge is 2.35. The van der Waals surface area contributed by atoms with Crippen LogP contribution in [0.15, 0.2) is 54.6 Å². The first-order valence-electron chi connectivity index (χ1n) is 16.2. The average molecular weight is 747 g/mol. The molecule has 1 fully saturated rings. The van der Waals surface area contributed by atoms with Crippen molar-refractivity contribution in [2.45, 2.75) is 76.4 Å². The van der Waals surface area contributed by atoms with Gasteiger partial charge in [0.2, 0.25) is 0 Å². The quantitative estimate of drug-likeness (QED) is 0.170. The van der Waals surface area contributed by atoms with E-state index in [0.29, 0.717) is 42.6 Å². The third kappa shape index (κ3) is 8.58. The van der Waals surface area contributed by atoms with E-state index in [0.717, 1.165) is 34.6 Å². The first-order valence-corrected chi connectivity index (χ1v) is 19.5. The van der Waals surface area contributed by atoms with E-state index in [9.17, 15) is 26.8 Å². The van der Waals surface area contributed by atoms with Crippen molar-refractivity contribution < 1.29 is 36.3 Å². The molecule has 4 aromatic rings. The molecule has 1 aliphatic carbocycles. The third-order valence-electron chi connectivity index (χ3n) is 8.81. The number of carbonyl (C=O) groups is 2. The number of hydrogen-bond donors (Lipinski definition) is 0. The number of amides is 2. The van der Waals surface area contributed by atoms with Crippen molar-refractivity contribution in [1.29, 1.82) is 0 Å². The van der Waals surface area contributed by atoms with Crippen LogP contribution in [0.3, 0.4) is 0 Å². The summed E-state index contributed by atoms with van der Waals surface area (Å²) < 4.78 is 64.5. The number of halogens is 3. The Kier molecular flexibility index (Phi) is 11.1. The van der Waals surface area contributed by atoms with E-state index >= 15 is 0 Å². The third-order valence-corrected chi connectivity index (χ3v) is 11.3. The van der Waals surface area contributed by atoms with Gasteiger partial charge in [-0.2, -0.15) is 0 Å². The van der Waals surface area contributed by atoms with Crippen molar-refractivity contribution in [3.63, 3.8) is 0 Å². The van der Waals surface area contributed by atoms with Gasteiger partial charge in [0.25, 0.3) is 5.91 Å². The van der Waals surface area contributed by atoms with Gasteiger partial charge in [-0.1, -0.05) is 41.9 Å². The van der Waals surface area contributed by atoms with Gasteiger partial charge in [0.05, 0.1) is 28.0 Å². The molecule has 50 heavy (non-hydrogen) atoms. The fourth-order valence-corrected chi connectivity index (χ4v) is 8.64. The number of ether oxygens (including phenoxy) is 2. The first-order chi connectivity index (χ1) is 23.5. The van der Waals surface area contributed by atoms with Crippen molar-refractivity contribution in [3.05, 3.63) is 87.3 Å². The lowest BCUT2D eigenvalue weighted by molar-refractivity contribution is 0.0144. The molecule has 1 aromatic heterocycles. The topological polar surface area (TPSA) is 93.2 Å². The maximum atomic E-state index is 14.8. The average Bonchev–Trinajstić information content (AvgIpc) is 3.41. The van der Waals surface area contributed by atoms with E-state index in [1.165, 1.54) is 13.4 Å². The fraction of sp³-hybridized carbons (Fsp3) is 0.405. The number of fused-ring (bicyclic) bond motifs is 1. The number of methoxy groups -OCH3 is 1. The van der Waals surface area contributed by atoms with Crippen LogP contribution in [0.4, 0.5) is 13.6 Å². The molecule has 268 valence electrons. The predicted octanol–water partition coefficient (Wildman–Crippen LogP) is 8.87. The zero-order chi connectivity index (χ0) is 36.5. The van der Waals surface area contributed by atoms with Crippen molar-refractivity contribution in [2.24, 2.45) is 0 Å². The molecule has 0 unspecified atom stereocenters. The van der Waals surface area contributed by atoms with Crippen LogP contribution in [0.5, 0.6) is 5.75 Å². The molecule has 1 aliphatic rings. The second-order valence-electron chi connectivity index (χ2n) is 13.8. The Morgan fingerprint density at radius 2 is 1.54 bits per heavy atom. The Bertz CT molecular complexity index is 2000. The summed E-state index contributed by atoms with van der Waals surface area (Å²) in [5.41, 5.74) is 2.39. The molecule has 5 rings (SSSR count). The van der Waals surface area contributed by atoms with Crippen LogP contribution in [0.1, 0.15) is 67.3 Å². The van der Waals surface area contributed by atoms with E-state index < -0.39 is 39.1 Å². The van der Waals surface area contributed by atoms with Crippen LogP contribution >= 0.6 is 22.9 Å². The molecule has 0 N–H and O–H groups in total. The van der Waals surface area contributed by atoms with Gasteiger partial charge in [-0.15, -0.1) is 11.3 Å². The van der Waals surface area contributed by atoms with Gasteiger partial charge >= 0.3 is 6.09 Å². The number of sulfone groups is 1. The minimum Gasteiger partial charge on any atom is -0.496 e. The molecule has 0 spiro atoms. The smallest absolute Gasteiger partial charge is 0.410 e. The number of rotatable bonds is 9. The van der Waals surface area contributed by atoms with Gasteiger partial charge in [0.1, 0.15) is 27.9 Å². The summed E-state index contributed by atoms with van der Waals surface area (Å²) in [5, 5.41) is -0.258. The summed E-state index contributed by atoms with van der Waals surface area (Å²) in [6, 6.07) is 14.5. The summed E-state index contributed by atoms with van der Waals surface area (Å²) in [5.74, 6) is -1.37. The van der Waals surface area contributed by atoms with Gasteiger partial charge in [-0.3, -0.25) is 4.79 Å². The van der Waals surface area contributed by atoms with Crippen molar-refractivity contribution in [2.75, 3.05) is 20.4 Å². The lowest BCUT2D eigenvalue weighted by Gasteiger charge is -2.40. The van der Waals surface area contributed by atoms with Gasteiger partial charge in [0, 0.05) is 37.5 Å². The fourth-order valence-electron chi connectivity index (χ4n) is 6.33. The SMILES string of the molecule is COc1ccc(-c2ccc(CS(C)(=O)=O)cc2)cc1CN(C(=O)c1sc2c(F)ccc(F)c2c1Cl)[C@H]1CC[C@H](N(C)C(=O)OC(C)(C)C)CC1. The summed E-state index contributed by atoms with van der Waals surface area (Å²) in [6.45, 7) is 5.54. The van der Waals surface area contributed by atoms with Crippen LogP contribution in [0.25, 0.3) is 21.2 Å². The van der Waals surface area contributed by atoms with Crippen LogP contribution in [-0.4, -0.2) is 68.3 Å². The molecule has 0 radical (unpaired) electrons. The summed E-state index contributed by atoms with van der Waals surface area (Å²) in [6.07, 6.45) is 3.08. The van der Waals surface area contributed by atoms with E-state index in [-0.39, 0.29) is 44.4 Å². The second-order valence-corrected chi connectivity index (χ2v) is 17.3. The number of nitrogens with zero attached hydrogens (tertiary/aromatic N) is 2. The first kappa shape index (κ1) is 37.5. The Labute approximate surface area is 300 Å². The maximum absolute atomic E-state index is 14.8. The van der Waals surface area contributed by atoms with Crippen molar-refractivity contribution in [3.8, 4) is 16.9 Å².